The van der Waals surface area contributed by atoms with Gasteiger partial charge in [0.25, 0.3) is 0 Å². The SMILES string of the molecule is CCNC(=NCc1ccnc(N(C)C)c1)NCCc1cc(C)ccc1OC. The molecule has 6 nitrogen and oxygen atoms in total. The number of nitrogens with one attached hydrogen (secondary N) is 2. The Morgan fingerprint density at radius 3 is 2.70 bits per heavy atom. The van der Waals surface area contributed by atoms with Crippen LogP contribution in [-0.4, -0.2) is 45.2 Å². The van der Waals surface area contributed by atoms with Crippen molar-refractivity contribution in [2.75, 3.05) is 39.2 Å². The summed E-state index contributed by atoms with van der Waals surface area (Å²) >= 11 is 0. The Morgan fingerprint density at radius 1 is 1.19 bits per heavy atom. The van der Waals surface area contributed by atoms with Crippen molar-refractivity contribution in [2.24, 2.45) is 4.99 Å². The molecule has 2 N–H and O–H groups in total. The lowest BCUT2D eigenvalue weighted by Crippen LogP contribution is -2.38. The fourth-order valence-corrected chi connectivity index (χ4v) is 2.73. The number of guanidine groups is 1. The Kier molecular flexibility index (Phi) is 7.92. The van der Waals surface area contributed by atoms with Gasteiger partial charge in [-0.05, 0) is 49.6 Å². The maximum absolute atomic E-state index is 5.46. The van der Waals surface area contributed by atoms with Crippen LogP contribution in [0.1, 0.15) is 23.6 Å². The van der Waals surface area contributed by atoms with Gasteiger partial charge in [-0.3, -0.25) is 0 Å². The zero-order chi connectivity index (χ0) is 19.6. The standard InChI is InChI=1S/C21H31N5O/c1-6-22-21(25-15-17-9-11-23-20(14-17)26(3)4)24-12-10-18-13-16(2)7-8-19(18)27-5/h7-9,11,13-14H,6,10,12,15H2,1-5H3,(H2,22,24,25). The van der Waals surface area contributed by atoms with Crippen LogP contribution < -0.4 is 20.3 Å². The molecule has 6 heteroatoms. The zero-order valence-electron chi connectivity index (χ0n) is 17.0. The molecule has 2 aromatic rings. The number of nitrogens with zero attached hydrogens (tertiary/aromatic N) is 3. The number of benzene rings is 1. The summed E-state index contributed by atoms with van der Waals surface area (Å²) in [5.41, 5.74) is 3.57. The van der Waals surface area contributed by atoms with E-state index in [-0.39, 0.29) is 0 Å². The van der Waals surface area contributed by atoms with Crippen molar-refractivity contribution in [1.29, 1.82) is 0 Å². The quantitative estimate of drug-likeness (QED) is 0.553. The Hall–Kier alpha value is -2.76. The number of hydrogen-bond acceptors (Lipinski definition) is 4. The van der Waals surface area contributed by atoms with Crippen molar-refractivity contribution in [3.05, 3.63) is 53.2 Å². The van der Waals surface area contributed by atoms with Crippen molar-refractivity contribution in [1.82, 2.24) is 15.6 Å². The van der Waals surface area contributed by atoms with Gasteiger partial charge in [0, 0.05) is 33.4 Å². The van der Waals surface area contributed by atoms with Gasteiger partial charge in [0.1, 0.15) is 11.6 Å². The van der Waals surface area contributed by atoms with Crippen LogP contribution >= 0.6 is 0 Å². The molecule has 0 fully saturated rings. The fourth-order valence-electron chi connectivity index (χ4n) is 2.73. The first-order valence-electron chi connectivity index (χ1n) is 9.31. The first-order valence-corrected chi connectivity index (χ1v) is 9.31. The molecule has 0 atom stereocenters. The third kappa shape index (κ3) is 6.47. The predicted molar refractivity (Wildman–Crippen MR) is 113 cm³/mol. The van der Waals surface area contributed by atoms with Crippen molar-refractivity contribution < 1.29 is 4.74 Å². The van der Waals surface area contributed by atoms with Crippen LogP contribution in [0.4, 0.5) is 5.82 Å². The number of methoxy groups -OCH3 is 1. The minimum atomic E-state index is 0.604. The number of aliphatic imine (C=N–C) groups is 1. The van der Waals surface area contributed by atoms with Crippen LogP contribution in [-0.2, 0) is 13.0 Å². The third-order valence-electron chi connectivity index (χ3n) is 4.15. The molecule has 1 heterocycles. The van der Waals surface area contributed by atoms with Crippen LogP contribution in [0.15, 0.2) is 41.5 Å². The lowest BCUT2D eigenvalue weighted by molar-refractivity contribution is 0.409. The number of rotatable bonds is 8. The molecule has 0 aliphatic rings. The van der Waals surface area contributed by atoms with E-state index in [1.54, 1.807) is 7.11 Å². The smallest absolute Gasteiger partial charge is 0.191 e. The molecule has 146 valence electrons. The summed E-state index contributed by atoms with van der Waals surface area (Å²) in [6.07, 6.45) is 2.69. The van der Waals surface area contributed by atoms with Gasteiger partial charge < -0.3 is 20.3 Å². The fraction of sp³-hybridized carbons (Fsp3) is 0.429. The molecule has 1 aromatic heterocycles. The Bertz CT molecular complexity index is 758. The van der Waals surface area contributed by atoms with Gasteiger partial charge in [0.05, 0.1) is 13.7 Å². The molecule has 1 aromatic carbocycles. The summed E-state index contributed by atoms with van der Waals surface area (Å²) in [5.74, 6) is 2.68. The Labute approximate surface area is 162 Å². The van der Waals surface area contributed by atoms with E-state index in [9.17, 15) is 0 Å². The first kappa shape index (κ1) is 20.6. The highest BCUT2D eigenvalue weighted by atomic mass is 16.5. The lowest BCUT2D eigenvalue weighted by atomic mass is 10.1. The number of aromatic nitrogens is 1. The summed E-state index contributed by atoms with van der Waals surface area (Å²) in [6, 6.07) is 10.3. The predicted octanol–water partition coefficient (Wildman–Crippen LogP) is 2.76. The third-order valence-corrected chi connectivity index (χ3v) is 4.15. The second kappa shape index (κ2) is 10.4. The van der Waals surface area contributed by atoms with Gasteiger partial charge in [-0.15, -0.1) is 0 Å². The molecule has 0 amide bonds. The number of aryl methyl sites for hydroxylation is 1. The van der Waals surface area contributed by atoms with Crippen LogP contribution in [0.25, 0.3) is 0 Å². The summed E-state index contributed by atoms with van der Waals surface area (Å²) in [7, 11) is 5.69. The van der Waals surface area contributed by atoms with Gasteiger partial charge in [0.15, 0.2) is 5.96 Å². The second-order valence-corrected chi connectivity index (χ2v) is 6.60. The van der Waals surface area contributed by atoms with E-state index in [1.165, 1.54) is 11.1 Å². The highest BCUT2D eigenvalue weighted by Crippen LogP contribution is 2.19. The van der Waals surface area contributed by atoms with Crippen molar-refractivity contribution in [3.8, 4) is 5.75 Å². The van der Waals surface area contributed by atoms with Crippen molar-refractivity contribution in [3.63, 3.8) is 0 Å². The number of hydrogen-bond donors (Lipinski definition) is 2. The molecule has 0 spiro atoms. The topological polar surface area (TPSA) is 61.8 Å². The van der Waals surface area contributed by atoms with E-state index in [1.807, 2.05) is 37.3 Å². The van der Waals surface area contributed by atoms with Gasteiger partial charge in [-0.1, -0.05) is 17.7 Å². The summed E-state index contributed by atoms with van der Waals surface area (Å²) in [6.45, 7) is 6.37. The molecular formula is C21H31N5O. The summed E-state index contributed by atoms with van der Waals surface area (Å²) < 4.78 is 5.46. The normalized spacial score (nSPS) is 11.2. The monoisotopic (exact) mass is 369 g/mol. The first-order chi connectivity index (χ1) is 13.0. The van der Waals surface area contributed by atoms with Crippen molar-refractivity contribution >= 4 is 11.8 Å². The van der Waals surface area contributed by atoms with Crippen LogP contribution in [0.5, 0.6) is 5.75 Å². The maximum atomic E-state index is 5.46. The maximum Gasteiger partial charge on any atom is 0.191 e. The van der Waals surface area contributed by atoms with E-state index >= 15 is 0 Å². The molecule has 2 rings (SSSR count). The second-order valence-electron chi connectivity index (χ2n) is 6.60. The molecule has 0 aliphatic heterocycles. The van der Waals surface area contributed by atoms with Gasteiger partial charge in [-0.2, -0.15) is 0 Å². The molecule has 0 unspecified atom stereocenters. The largest absolute Gasteiger partial charge is 0.496 e. The summed E-state index contributed by atoms with van der Waals surface area (Å²) in [4.78, 5) is 11.0. The van der Waals surface area contributed by atoms with E-state index in [0.717, 1.165) is 42.6 Å². The molecule has 27 heavy (non-hydrogen) atoms. The molecule has 0 saturated carbocycles. The molecule has 0 bridgehead atoms. The van der Waals surface area contributed by atoms with E-state index < -0.39 is 0 Å². The minimum absolute atomic E-state index is 0.604. The lowest BCUT2D eigenvalue weighted by Gasteiger charge is -2.14. The zero-order valence-corrected chi connectivity index (χ0v) is 17.0. The highest BCUT2D eigenvalue weighted by molar-refractivity contribution is 5.79. The Morgan fingerprint density at radius 2 is 2.00 bits per heavy atom. The Balaban J connectivity index is 1.98. The molecule has 0 saturated heterocycles. The number of ether oxygens (including phenoxy) is 1. The van der Waals surface area contributed by atoms with Crippen LogP contribution in [0.2, 0.25) is 0 Å². The van der Waals surface area contributed by atoms with E-state index in [4.69, 9.17) is 9.73 Å². The average Bonchev–Trinajstić information content (AvgIpc) is 2.66. The number of anilines is 1. The number of pyridine rings is 1. The molecule has 0 radical (unpaired) electrons. The highest BCUT2D eigenvalue weighted by Gasteiger charge is 2.05. The van der Waals surface area contributed by atoms with Gasteiger partial charge >= 0.3 is 0 Å². The molecule has 0 aliphatic carbocycles. The molecular weight excluding hydrogens is 338 g/mol. The van der Waals surface area contributed by atoms with Gasteiger partial charge in [-0.25, -0.2) is 9.98 Å². The average molecular weight is 370 g/mol. The van der Waals surface area contributed by atoms with Crippen LogP contribution in [0, 0.1) is 6.92 Å². The summed E-state index contributed by atoms with van der Waals surface area (Å²) in [5, 5.41) is 6.70. The van der Waals surface area contributed by atoms with E-state index in [0.29, 0.717) is 6.54 Å². The minimum Gasteiger partial charge on any atom is -0.496 e. The van der Waals surface area contributed by atoms with E-state index in [2.05, 4.69) is 47.7 Å². The van der Waals surface area contributed by atoms with Crippen LogP contribution in [0.3, 0.4) is 0 Å². The van der Waals surface area contributed by atoms with Crippen molar-refractivity contribution in [2.45, 2.75) is 26.8 Å². The van der Waals surface area contributed by atoms with Gasteiger partial charge in [0.2, 0.25) is 0 Å².